The number of aliphatic hydroxyl groups excluding tert-OH is 1. The van der Waals surface area contributed by atoms with Gasteiger partial charge in [0.15, 0.2) is 0 Å². The quantitative estimate of drug-likeness (QED) is 0.514. The van der Waals surface area contributed by atoms with Gasteiger partial charge in [-0.2, -0.15) is 0 Å². The van der Waals surface area contributed by atoms with Gasteiger partial charge in [0, 0.05) is 60.8 Å². The summed E-state index contributed by atoms with van der Waals surface area (Å²) >= 11 is 0. The SMILES string of the molecule is COc1ccc2c3c(n(C)c2c1)[C@H](CO)N(C(=O)C1CCC1)CC31CCN(C(=O)Nc2cccc(F)c2)CC1. The Morgan fingerprint density at radius 2 is 1.92 bits per heavy atom. The van der Waals surface area contributed by atoms with Gasteiger partial charge in [-0.1, -0.05) is 12.5 Å². The van der Waals surface area contributed by atoms with Gasteiger partial charge in [-0.15, -0.1) is 0 Å². The number of carbonyl (C=O) groups excluding carboxylic acids is 2. The number of methoxy groups -OCH3 is 1. The average molecular weight is 535 g/mol. The molecule has 2 aromatic carbocycles. The van der Waals surface area contributed by atoms with Crippen LogP contribution < -0.4 is 10.1 Å². The number of piperidine rings is 1. The molecule has 0 unspecified atom stereocenters. The Balaban J connectivity index is 1.37. The van der Waals surface area contributed by atoms with E-state index in [4.69, 9.17) is 4.74 Å². The van der Waals surface area contributed by atoms with Crippen LogP contribution in [0.4, 0.5) is 14.9 Å². The molecule has 1 saturated carbocycles. The molecule has 1 aromatic heterocycles. The number of fused-ring (bicyclic) bond motifs is 4. The number of hydrogen-bond acceptors (Lipinski definition) is 4. The van der Waals surface area contributed by atoms with E-state index in [0.717, 1.165) is 41.6 Å². The van der Waals surface area contributed by atoms with Crippen LogP contribution in [0.2, 0.25) is 0 Å². The second-order valence-corrected chi connectivity index (χ2v) is 11.2. The van der Waals surface area contributed by atoms with Gasteiger partial charge in [-0.05, 0) is 61.6 Å². The molecule has 206 valence electrons. The van der Waals surface area contributed by atoms with Crippen molar-refractivity contribution in [3.8, 4) is 5.75 Å². The minimum absolute atomic E-state index is 0.0181. The number of aliphatic hydroxyl groups is 1. The molecule has 0 radical (unpaired) electrons. The number of amides is 3. The molecule has 3 aromatic rings. The number of ether oxygens (including phenoxy) is 1. The Hall–Kier alpha value is -3.59. The molecule has 3 aliphatic rings. The summed E-state index contributed by atoms with van der Waals surface area (Å²) in [6, 6.07) is 11.3. The first-order valence-electron chi connectivity index (χ1n) is 13.7. The topological polar surface area (TPSA) is 87.0 Å². The van der Waals surface area contributed by atoms with Gasteiger partial charge < -0.3 is 29.5 Å². The zero-order chi connectivity index (χ0) is 27.3. The lowest BCUT2D eigenvalue weighted by Crippen LogP contribution is -2.57. The number of halogens is 1. The largest absolute Gasteiger partial charge is 0.497 e. The van der Waals surface area contributed by atoms with Gasteiger partial charge in [0.05, 0.1) is 25.3 Å². The molecule has 8 nitrogen and oxygen atoms in total. The highest BCUT2D eigenvalue weighted by Crippen LogP contribution is 2.51. The maximum Gasteiger partial charge on any atom is 0.321 e. The summed E-state index contributed by atoms with van der Waals surface area (Å²) in [5, 5.41) is 14.5. The van der Waals surface area contributed by atoms with Crippen LogP contribution in [0.15, 0.2) is 42.5 Å². The van der Waals surface area contributed by atoms with Crippen LogP contribution in [0.5, 0.6) is 5.75 Å². The Kier molecular flexibility index (Phi) is 6.49. The van der Waals surface area contributed by atoms with Crippen LogP contribution in [-0.4, -0.2) is 64.8 Å². The lowest BCUT2D eigenvalue weighted by Gasteiger charge is -2.51. The summed E-state index contributed by atoms with van der Waals surface area (Å²) in [6.45, 7) is 1.38. The Bertz CT molecular complexity index is 1420. The maximum absolute atomic E-state index is 13.7. The Morgan fingerprint density at radius 3 is 2.56 bits per heavy atom. The number of carbonyl (C=O) groups is 2. The molecule has 39 heavy (non-hydrogen) atoms. The van der Waals surface area contributed by atoms with Crippen molar-refractivity contribution in [1.82, 2.24) is 14.4 Å². The highest BCUT2D eigenvalue weighted by molar-refractivity contribution is 5.91. The van der Waals surface area contributed by atoms with E-state index in [9.17, 15) is 19.1 Å². The number of hydrogen-bond donors (Lipinski definition) is 2. The molecule has 3 amide bonds. The second-order valence-electron chi connectivity index (χ2n) is 11.2. The van der Waals surface area contributed by atoms with Crippen LogP contribution >= 0.6 is 0 Å². The molecule has 9 heteroatoms. The molecule has 1 saturated heterocycles. The summed E-state index contributed by atoms with van der Waals surface area (Å²) in [5.41, 5.74) is 3.21. The normalized spacial score (nSPS) is 20.6. The van der Waals surface area contributed by atoms with Crippen molar-refractivity contribution in [2.24, 2.45) is 13.0 Å². The van der Waals surface area contributed by atoms with Crippen molar-refractivity contribution in [2.75, 3.05) is 38.7 Å². The fourth-order valence-corrected chi connectivity index (χ4v) is 6.79. The fourth-order valence-electron chi connectivity index (χ4n) is 6.79. The third kappa shape index (κ3) is 4.23. The van der Waals surface area contributed by atoms with E-state index in [2.05, 4.69) is 16.0 Å². The van der Waals surface area contributed by atoms with Gasteiger partial charge in [-0.3, -0.25) is 4.79 Å². The zero-order valence-electron chi connectivity index (χ0n) is 22.5. The van der Waals surface area contributed by atoms with Crippen LogP contribution in [0, 0.1) is 11.7 Å². The summed E-state index contributed by atoms with van der Waals surface area (Å²) in [6.07, 6.45) is 4.21. The summed E-state index contributed by atoms with van der Waals surface area (Å²) in [4.78, 5) is 30.4. The number of rotatable bonds is 4. The molecular weight excluding hydrogens is 499 g/mol. The van der Waals surface area contributed by atoms with Gasteiger partial charge in [-0.25, -0.2) is 9.18 Å². The summed E-state index contributed by atoms with van der Waals surface area (Å²) in [7, 11) is 3.64. The molecule has 1 aliphatic carbocycles. The van der Waals surface area contributed by atoms with E-state index in [-0.39, 0.29) is 29.9 Å². The molecule has 1 spiro atoms. The first-order valence-corrected chi connectivity index (χ1v) is 13.7. The monoisotopic (exact) mass is 534 g/mol. The lowest BCUT2D eigenvalue weighted by atomic mass is 9.67. The molecule has 6 rings (SSSR count). The Morgan fingerprint density at radius 1 is 1.15 bits per heavy atom. The van der Waals surface area contributed by atoms with Crippen LogP contribution in [-0.2, 0) is 17.3 Å². The molecule has 1 atom stereocenters. The second kappa shape index (κ2) is 9.86. The third-order valence-corrected chi connectivity index (χ3v) is 9.14. The maximum atomic E-state index is 13.7. The third-order valence-electron chi connectivity index (χ3n) is 9.14. The number of nitrogens with one attached hydrogen (secondary N) is 1. The molecule has 2 aliphatic heterocycles. The van der Waals surface area contributed by atoms with E-state index in [0.29, 0.717) is 38.2 Å². The van der Waals surface area contributed by atoms with Crippen molar-refractivity contribution in [1.29, 1.82) is 0 Å². The number of likely N-dealkylation sites (tertiary alicyclic amines) is 1. The van der Waals surface area contributed by atoms with Crippen molar-refractivity contribution in [3.05, 3.63) is 59.5 Å². The van der Waals surface area contributed by atoms with Gasteiger partial charge in [0.2, 0.25) is 5.91 Å². The van der Waals surface area contributed by atoms with Crippen molar-refractivity contribution >= 4 is 28.5 Å². The highest BCUT2D eigenvalue weighted by atomic mass is 19.1. The number of aromatic nitrogens is 1. The minimum atomic E-state index is -0.420. The molecule has 2 N–H and O–H groups in total. The minimum Gasteiger partial charge on any atom is -0.497 e. The summed E-state index contributed by atoms with van der Waals surface area (Å²) in [5.74, 6) is 0.493. The molecule has 3 heterocycles. The van der Waals surface area contributed by atoms with Crippen LogP contribution in [0.1, 0.15) is 49.4 Å². The van der Waals surface area contributed by atoms with Crippen molar-refractivity contribution in [3.63, 3.8) is 0 Å². The number of anilines is 1. The predicted octanol–water partition coefficient (Wildman–Crippen LogP) is 4.57. The smallest absolute Gasteiger partial charge is 0.321 e. The predicted molar refractivity (Wildman–Crippen MR) is 146 cm³/mol. The number of benzene rings is 2. The van der Waals surface area contributed by atoms with E-state index in [1.165, 1.54) is 17.7 Å². The zero-order valence-corrected chi connectivity index (χ0v) is 22.5. The van der Waals surface area contributed by atoms with E-state index >= 15 is 0 Å². The lowest BCUT2D eigenvalue weighted by molar-refractivity contribution is -0.144. The first kappa shape index (κ1) is 25.7. The van der Waals surface area contributed by atoms with Gasteiger partial charge in [0.25, 0.3) is 0 Å². The number of urea groups is 1. The van der Waals surface area contributed by atoms with Gasteiger partial charge in [0.1, 0.15) is 11.6 Å². The molecule has 0 bridgehead atoms. The van der Waals surface area contributed by atoms with Crippen molar-refractivity contribution in [2.45, 2.75) is 43.6 Å². The van der Waals surface area contributed by atoms with Crippen LogP contribution in [0.3, 0.4) is 0 Å². The van der Waals surface area contributed by atoms with E-state index in [1.807, 2.05) is 24.1 Å². The van der Waals surface area contributed by atoms with Gasteiger partial charge >= 0.3 is 6.03 Å². The molecular formula is C30H35FN4O4. The highest BCUT2D eigenvalue weighted by Gasteiger charge is 2.50. The standard InChI is InChI=1S/C30H35FN4O4/c1-33-24-16-22(39-2)9-10-23(24)26-27(33)25(17-36)35(28(37)19-5-3-6-19)18-30(26)11-13-34(14-12-30)29(38)32-21-8-4-7-20(31)15-21/h4,7-10,15-16,19,25,36H,3,5-6,11-14,17-18H2,1-2H3,(H,32,38)/t25-/m0/s1. The van der Waals surface area contributed by atoms with E-state index in [1.54, 1.807) is 24.1 Å². The molecule has 2 fully saturated rings. The average Bonchev–Trinajstić information content (AvgIpc) is 3.20. The van der Waals surface area contributed by atoms with E-state index < -0.39 is 11.9 Å². The van der Waals surface area contributed by atoms with Crippen molar-refractivity contribution < 1.29 is 23.8 Å². The first-order chi connectivity index (χ1) is 18.8. The van der Waals surface area contributed by atoms with Crippen LogP contribution in [0.25, 0.3) is 10.9 Å². The summed E-state index contributed by atoms with van der Waals surface area (Å²) < 4.78 is 21.3. The number of nitrogens with zero attached hydrogens (tertiary/aromatic N) is 3. The number of aryl methyl sites for hydroxylation is 1. The fraction of sp³-hybridized carbons (Fsp3) is 0.467. The Labute approximate surface area is 227 Å².